The molecule has 0 spiro atoms. The summed E-state index contributed by atoms with van der Waals surface area (Å²) in [6, 6.07) is 7.72. The van der Waals surface area contributed by atoms with Gasteiger partial charge < -0.3 is 24.8 Å². The zero-order chi connectivity index (χ0) is 16.3. The zero-order valence-corrected chi connectivity index (χ0v) is 14.0. The number of rotatable bonds is 8. The fourth-order valence-corrected chi connectivity index (χ4v) is 2.21. The normalized spacial score (nSPS) is 17.0. The molecule has 0 saturated carbocycles. The van der Waals surface area contributed by atoms with Gasteiger partial charge in [0.2, 0.25) is 0 Å². The standard InChI is InChI=1S/C17H27N3O3/c1-3-18-17(19-10-7-11-21-4-2)20-12-14-13-22-15-8-5-6-9-16(15)23-14/h5-6,8-9,14H,3-4,7,10-13H2,1-2H3,(H2,18,19,20). The number of para-hydroxylation sites is 2. The van der Waals surface area contributed by atoms with Gasteiger partial charge >= 0.3 is 0 Å². The van der Waals surface area contributed by atoms with Crippen molar-refractivity contribution >= 4 is 5.96 Å². The molecule has 0 fully saturated rings. The molecular weight excluding hydrogens is 294 g/mol. The van der Waals surface area contributed by atoms with Crippen molar-refractivity contribution < 1.29 is 14.2 Å². The number of benzene rings is 1. The predicted octanol–water partition coefficient (Wildman–Crippen LogP) is 1.81. The summed E-state index contributed by atoms with van der Waals surface area (Å²) in [6.45, 7) is 8.29. The van der Waals surface area contributed by atoms with Crippen molar-refractivity contribution in [1.82, 2.24) is 10.6 Å². The van der Waals surface area contributed by atoms with Crippen molar-refractivity contribution in [2.45, 2.75) is 26.4 Å². The number of nitrogens with zero attached hydrogens (tertiary/aromatic N) is 1. The summed E-state index contributed by atoms with van der Waals surface area (Å²) >= 11 is 0. The lowest BCUT2D eigenvalue weighted by Crippen LogP contribution is -2.40. The maximum Gasteiger partial charge on any atom is 0.191 e. The number of guanidine groups is 1. The molecule has 1 aliphatic rings. The van der Waals surface area contributed by atoms with Crippen LogP contribution in [0.2, 0.25) is 0 Å². The van der Waals surface area contributed by atoms with Crippen LogP contribution in [0.4, 0.5) is 0 Å². The molecule has 0 saturated heterocycles. The quantitative estimate of drug-likeness (QED) is 0.434. The van der Waals surface area contributed by atoms with Crippen LogP contribution < -0.4 is 20.1 Å². The molecule has 0 radical (unpaired) electrons. The number of ether oxygens (including phenoxy) is 3. The molecule has 0 bridgehead atoms. The van der Waals surface area contributed by atoms with Crippen LogP contribution in [-0.2, 0) is 4.74 Å². The lowest BCUT2D eigenvalue weighted by Gasteiger charge is -2.25. The van der Waals surface area contributed by atoms with Gasteiger partial charge in [-0.05, 0) is 32.4 Å². The molecule has 23 heavy (non-hydrogen) atoms. The summed E-state index contributed by atoms with van der Waals surface area (Å²) in [5.41, 5.74) is 0. The number of fused-ring (bicyclic) bond motifs is 1. The Kier molecular flexibility index (Phi) is 7.52. The van der Waals surface area contributed by atoms with Crippen LogP contribution in [0.3, 0.4) is 0 Å². The van der Waals surface area contributed by atoms with E-state index in [-0.39, 0.29) is 6.10 Å². The first kappa shape index (κ1) is 17.4. The van der Waals surface area contributed by atoms with Gasteiger partial charge in [0.15, 0.2) is 23.6 Å². The van der Waals surface area contributed by atoms with Gasteiger partial charge in [-0.2, -0.15) is 0 Å². The lowest BCUT2D eigenvalue weighted by atomic mass is 10.2. The molecular formula is C17H27N3O3. The van der Waals surface area contributed by atoms with E-state index in [1.165, 1.54) is 0 Å². The summed E-state index contributed by atoms with van der Waals surface area (Å²) in [5, 5.41) is 6.53. The van der Waals surface area contributed by atoms with E-state index >= 15 is 0 Å². The number of nitrogens with one attached hydrogen (secondary N) is 2. The summed E-state index contributed by atoms with van der Waals surface area (Å²) < 4.78 is 16.9. The van der Waals surface area contributed by atoms with Crippen LogP contribution in [0.5, 0.6) is 11.5 Å². The minimum atomic E-state index is -0.0659. The number of hydrogen-bond donors (Lipinski definition) is 2. The second-order valence-electron chi connectivity index (χ2n) is 5.19. The van der Waals surface area contributed by atoms with Crippen LogP contribution in [0.15, 0.2) is 29.3 Å². The van der Waals surface area contributed by atoms with Gasteiger partial charge in [-0.25, -0.2) is 4.99 Å². The Bertz CT molecular complexity index is 494. The Morgan fingerprint density at radius 1 is 1.26 bits per heavy atom. The predicted molar refractivity (Wildman–Crippen MR) is 91.4 cm³/mol. The van der Waals surface area contributed by atoms with E-state index in [0.717, 1.165) is 50.2 Å². The van der Waals surface area contributed by atoms with Crippen LogP contribution in [-0.4, -0.2) is 51.5 Å². The van der Waals surface area contributed by atoms with Gasteiger partial charge in [0.25, 0.3) is 0 Å². The zero-order valence-electron chi connectivity index (χ0n) is 14.0. The third-order valence-corrected chi connectivity index (χ3v) is 3.33. The van der Waals surface area contributed by atoms with Gasteiger partial charge in [-0.15, -0.1) is 0 Å². The molecule has 0 aromatic heterocycles. The number of aliphatic imine (C=N–C) groups is 1. The molecule has 6 heteroatoms. The SMILES string of the molecule is CCNC(=NCC1COc2ccccc2O1)NCCCOCC. The average Bonchev–Trinajstić information content (AvgIpc) is 2.59. The van der Waals surface area contributed by atoms with Crippen molar-refractivity contribution in [2.24, 2.45) is 4.99 Å². The topological polar surface area (TPSA) is 64.1 Å². The maximum atomic E-state index is 5.91. The summed E-state index contributed by atoms with van der Waals surface area (Å²) in [4.78, 5) is 4.58. The van der Waals surface area contributed by atoms with E-state index in [2.05, 4.69) is 15.6 Å². The van der Waals surface area contributed by atoms with E-state index < -0.39 is 0 Å². The minimum absolute atomic E-state index is 0.0659. The summed E-state index contributed by atoms with van der Waals surface area (Å²) in [6.07, 6.45) is 0.887. The van der Waals surface area contributed by atoms with Gasteiger partial charge in [0, 0.05) is 26.3 Å². The van der Waals surface area contributed by atoms with Crippen molar-refractivity contribution in [3.8, 4) is 11.5 Å². The second-order valence-corrected chi connectivity index (χ2v) is 5.19. The molecule has 1 aliphatic heterocycles. The monoisotopic (exact) mass is 321 g/mol. The second kappa shape index (κ2) is 9.94. The largest absolute Gasteiger partial charge is 0.486 e. The van der Waals surface area contributed by atoms with E-state index in [1.54, 1.807) is 0 Å². The van der Waals surface area contributed by atoms with E-state index in [9.17, 15) is 0 Å². The molecule has 2 N–H and O–H groups in total. The Morgan fingerprint density at radius 3 is 2.87 bits per heavy atom. The summed E-state index contributed by atoms with van der Waals surface area (Å²) in [7, 11) is 0. The molecule has 6 nitrogen and oxygen atoms in total. The first-order valence-corrected chi connectivity index (χ1v) is 8.31. The Labute approximate surface area is 138 Å². The van der Waals surface area contributed by atoms with Crippen molar-refractivity contribution in [2.75, 3.05) is 39.5 Å². The van der Waals surface area contributed by atoms with Gasteiger partial charge in [0.05, 0.1) is 6.54 Å². The highest BCUT2D eigenvalue weighted by molar-refractivity contribution is 5.79. The lowest BCUT2D eigenvalue weighted by molar-refractivity contribution is 0.0971. The van der Waals surface area contributed by atoms with E-state index in [1.807, 2.05) is 38.1 Å². The highest BCUT2D eigenvalue weighted by Gasteiger charge is 2.20. The number of hydrogen-bond acceptors (Lipinski definition) is 4. The first-order valence-electron chi connectivity index (χ1n) is 8.31. The Hall–Kier alpha value is -1.95. The molecule has 1 unspecified atom stereocenters. The molecule has 1 aromatic carbocycles. The van der Waals surface area contributed by atoms with Gasteiger partial charge in [0.1, 0.15) is 6.61 Å². The Morgan fingerprint density at radius 2 is 2.09 bits per heavy atom. The first-order chi connectivity index (χ1) is 11.3. The van der Waals surface area contributed by atoms with E-state index in [0.29, 0.717) is 13.2 Å². The molecule has 0 amide bonds. The fourth-order valence-electron chi connectivity index (χ4n) is 2.21. The van der Waals surface area contributed by atoms with Crippen LogP contribution in [0.25, 0.3) is 0 Å². The fraction of sp³-hybridized carbons (Fsp3) is 0.588. The van der Waals surface area contributed by atoms with Crippen molar-refractivity contribution in [1.29, 1.82) is 0 Å². The highest BCUT2D eigenvalue weighted by atomic mass is 16.6. The van der Waals surface area contributed by atoms with E-state index in [4.69, 9.17) is 14.2 Å². The minimum Gasteiger partial charge on any atom is -0.486 e. The Balaban J connectivity index is 1.78. The molecule has 0 aliphatic carbocycles. The molecule has 1 heterocycles. The summed E-state index contributed by atoms with van der Waals surface area (Å²) in [5.74, 6) is 2.38. The highest BCUT2D eigenvalue weighted by Crippen LogP contribution is 2.30. The third kappa shape index (κ3) is 5.98. The molecule has 1 atom stereocenters. The van der Waals surface area contributed by atoms with Gasteiger partial charge in [-0.3, -0.25) is 0 Å². The maximum absolute atomic E-state index is 5.91. The molecule has 2 rings (SSSR count). The van der Waals surface area contributed by atoms with Crippen LogP contribution in [0, 0.1) is 0 Å². The van der Waals surface area contributed by atoms with Crippen molar-refractivity contribution in [3.05, 3.63) is 24.3 Å². The smallest absolute Gasteiger partial charge is 0.191 e. The van der Waals surface area contributed by atoms with Crippen LogP contribution >= 0.6 is 0 Å². The van der Waals surface area contributed by atoms with Crippen LogP contribution in [0.1, 0.15) is 20.3 Å². The molecule has 128 valence electrons. The van der Waals surface area contributed by atoms with Crippen molar-refractivity contribution in [3.63, 3.8) is 0 Å². The third-order valence-electron chi connectivity index (χ3n) is 3.33. The molecule has 1 aromatic rings. The van der Waals surface area contributed by atoms with Gasteiger partial charge in [-0.1, -0.05) is 12.1 Å². The average molecular weight is 321 g/mol.